The van der Waals surface area contributed by atoms with E-state index in [0.29, 0.717) is 23.1 Å². The van der Waals surface area contributed by atoms with Gasteiger partial charge in [0.15, 0.2) is 4.34 Å². The Labute approximate surface area is 106 Å². The number of alkyl halides is 3. The Bertz CT molecular complexity index is 540. The lowest BCUT2D eigenvalue weighted by Gasteiger charge is -2.06. The third-order valence-electron chi connectivity index (χ3n) is 1.25. The Hall–Kier alpha value is -1.08. The number of carboxylic acids is 1. The van der Waals surface area contributed by atoms with Gasteiger partial charge in [0.2, 0.25) is 5.13 Å². The van der Waals surface area contributed by atoms with E-state index in [0.717, 1.165) is 0 Å². The van der Waals surface area contributed by atoms with Crippen LogP contribution in [0.4, 0.5) is 18.3 Å². The van der Waals surface area contributed by atoms with Crippen LogP contribution in [0.1, 0.15) is 0 Å². The molecule has 13 heteroatoms. The highest BCUT2D eigenvalue weighted by atomic mass is 32.2. The van der Waals surface area contributed by atoms with Crippen molar-refractivity contribution in [1.29, 1.82) is 0 Å². The number of carbonyl (C=O) groups is 1. The first kappa shape index (κ1) is 15.0. The summed E-state index contributed by atoms with van der Waals surface area (Å²) in [7, 11) is -5.54. The largest absolute Gasteiger partial charge is 0.516 e. The minimum Gasteiger partial charge on any atom is -0.481 e. The molecule has 1 rings (SSSR count). The van der Waals surface area contributed by atoms with E-state index in [1.807, 2.05) is 0 Å². The van der Waals surface area contributed by atoms with Crippen LogP contribution in [-0.2, 0) is 14.8 Å². The molecule has 0 saturated carbocycles. The molecule has 0 aliphatic rings. The molecule has 18 heavy (non-hydrogen) atoms. The molecule has 0 atom stereocenters. The van der Waals surface area contributed by atoms with E-state index in [2.05, 4.69) is 10.2 Å². The summed E-state index contributed by atoms with van der Waals surface area (Å²) >= 11 is 1.22. The van der Waals surface area contributed by atoms with Gasteiger partial charge < -0.3 is 5.11 Å². The second-order valence-electron chi connectivity index (χ2n) is 2.61. The lowest BCUT2D eigenvalue weighted by Crippen LogP contribution is -2.29. The van der Waals surface area contributed by atoms with Crippen LogP contribution in [0, 0.1) is 0 Å². The number of nitrogens with one attached hydrogen (secondary N) is 1. The van der Waals surface area contributed by atoms with Crippen molar-refractivity contribution in [2.24, 2.45) is 0 Å². The number of sulfonamides is 1. The topological polar surface area (TPSA) is 109 Å². The summed E-state index contributed by atoms with van der Waals surface area (Å²) < 4.78 is 58.6. The van der Waals surface area contributed by atoms with Gasteiger partial charge in [0.1, 0.15) is 0 Å². The molecule has 1 aromatic rings. The molecule has 0 unspecified atom stereocenters. The number of halogens is 3. The van der Waals surface area contributed by atoms with E-state index in [9.17, 15) is 26.4 Å². The summed E-state index contributed by atoms with van der Waals surface area (Å²) in [6, 6.07) is 0. The van der Waals surface area contributed by atoms with Crippen LogP contribution in [0.15, 0.2) is 4.34 Å². The van der Waals surface area contributed by atoms with Gasteiger partial charge in [-0.3, -0.25) is 4.79 Å². The molecule has 0 saturated heterocycles. The van der Waals surface area contributed by atoms with E-state index in [-0.39, 0.29) is 10.1 Å². The normalized spacial score (nSPS) is 12.4. The van der Waals surface area contributed by atoms with E-state index in [4.69, 9.17) is 5.11 Å². The van der Waals surface area contributed by atoms with Gasteiger partial charge in [0.25, 0.3) is 0 Å². The molecule has 0 aromatic carbocycles. The summed E-state index contributed by atoms with van der Waals surface area (Å²) in [6.07, 6.45) is 0. The standard InChI is InChI=1S/C5H4F3N3O4S3/c6-5(7,8)18(14,15)11-3-9-10-4(17-3)16-1-2(12)13/h1H2,(H,9,11)(H,12,13). The Balaban J connectivity index is 2.73. The maximum absolute atomic E-state index is 12.0. The molecule has 0 aliphatic carbocycles. The van der Waals surface area contributed by atoms with Gasteiger partial charge in [-0.2, -0.15) is 21.6 Å². The number of anilines is 1. The number of rotatable bonds is 5. The Morgan fingerprint density at radius 2 is 2.06 bits per heavy atom. The maximum atomic E-state index is 12.0. The van der Waals surface area contributed by atoms with Crippen molar-refractivity contribution >= 4 is 44.2 Å². The van der Waals surface area contributed by atoms with Crippen LogP contribution in [0.25, 0.3) is 0 Å². The van der Waals surface area contributed by atoms with Gasteiger partial charge in [0.05, 0.1) is 5.75 Å². The number of aliphatic carboxylic acids is 1. The molecule has 0 spiro atoms. The molecular weight excluding hydrogens is 319 g/mol. The fourth-order valence-corrected chi connectivity index (χ4v) is 2.81. The number of thioether (sulfide) groups is 1. The Morgan fingerprint density at radius 3 is 2.56 bits per heavy atom. The zero-order valence-electron chi connectivity index (χ0n) is 8.13. The lowest BCUT2D eigenvalue weighted by atomic mass is 10.8. The van der Waals surface area contributed by atoms with Crippen LogP contribution < -0.4 is 4.72 Å². The van der Waals surface area contributed by atoms with Gasteiger partial charge in [0, 0.05) is 0 Å². The molecule has 0 bridgehead atoms. The van der Waals surface area contributed by atoms with Gasteiger partial charge in [-0.05, 0) is 0 Å². The smallest absolute Gasteiger partial charge is 0.481 e. The Morgan fingerprint density at radius 1 is 1.44 bits per heavy atom. The summed E-state index contributed by atoms with van der Waals surface area (Å²) in [4.78, 5) is 10.2. The average molecular weight is 323 g/mol. The highest BCUT2D eigenvalue weighted by Crippen LogP contribution is 2.29. The van der Waals surface area contributed by atoms with Crippen LogP contribution in [-0.4, -0.2) is 41.0 Å². The summed E-state index contributed by atoms with van der Waals surface area (Å²) in [5.74, 6) is -1.51. The van der Waals surface area contributed by atoms with Crippen LogP contribution >= 0.6 is 23.1 Å². The van der Waals surface area contributed by atoms with E-state index < -0.39 is 26.6 Å². The van der Waals surface area contributed by atoms with Crippen molar-refractivity contribution in [1.82, 2.24) is 10.2 Å². The molecule has 1 heterocycles. The minimum atomic E-state index is -5.54. The van der Waals surface area contributed by atoms with Gasteiger partial charge in [-0.15, -0.1) is 10.2 Å². The predicted molar refractivity (Wildman–Crippen MR) is 56.9 cm³/mol. The number of nitrogens with zero attached hydrogens (tertiary/aromatic N) is 2. The summed E-state index contributed by atoms with van der Waals surface area (Å²) in [5, 5.41) is 14.3. The second-order valence-corrected chi connectivity index (χ2v) is 6.48. The van der Waals surface area contributed by atoms with Gasteiger partial charge in [-0.1, -0.05) is 23.1 Å². The summed E-state index contributed by atoms with van der Waals surface area (Å²) in [5.41, 5.74) is -5.45. The first-order valence-corrected chi connectivity index (χ1v) is 7.17. The number of hydrogen-bond donors (Lipinski definition) is 2. The molecule has 0 radical (unpaired) electrons. The number of aromatic nitrogens is 2. The minimum absolute atomic E-state index is 0.0391. The summed E-state index contributed by atoms with van der Waals surface area (Å²) in [6.45, 7) is 0. The van der Waals surface area contributed by atoms with Crippen LogP contribution in [0.2, 0.25) is 0 Å². The fraction of sp³-hybridized carbons (Fsp3) is 0.400. The quantitative estimate of drug-likeness (QED) is 0.777. The van der Waals surface area contributed by atoms with E-state index >= 15 is 0 Å². The second kappa shape index (κ2) is 5.27. The van der Waals surface area contributed by atoms with Crippen molar-refractivity contribution in [3.05, 3.63) is 0 Å². The SMILES string of the molecule is O=C(O)CSc1nnc(NS(=O)(=O)C(F)(F)F)s1. The maximum Gasteiger partial charge on any atom is 0.516 e. The van der Waals surface area contributed by atoms with Crippen molar-refractivity contribution in [3.63, 3.8) is 0 Å². The highest BCUT2D eigenvalue weighted by molar-refractivity contribution is 8.01. The monoisotopic (exact) mass is 323 g/mol. The first-order chi connectivity index (χ1) is 8.12. The highest BCUT2D eigenvalue weighted by Gasteiger charge is 2.46. The zero-order chi connectivity index (χ0) is 14.0. The van der Waals surface area contributed by atoms with Gasteiger partial charge >= 0.3 is 21.5 Å². The molecule has 2 N–H and O–H groups in total. The average Bonchev–Trinajstić information content (AvgIpc) is 2.60. The van der Waals surface area contributed by atoms with Gasteiger partial charge in [-0.25, -0.2) is 4.72 Å². The molecule has 1 aromatic heterocycles. The zero-order valence-corrected chi connectivity index (χ0v) is 10.6. The first-order valence-electron chi connectivity index (χ1n) is 3.89. The molecule has 0 aliphatic heterocycles. The molecule has 0 amide bonds. The van der Waals surface area contributed by atoms with Crippen molar-refractivity contribution in [2.75, 3.05) is 10.5 Å². The third kappa shape index (κ3) is 3.99. The van der Waals surface area contributed by atoms with Crippen LogP contribution in [0.3, 0.4) is 0 Å². The Kier molecular flexibility index (Phi) is 4.39. The lowest BCUT2D eigenvalue weighted by molar-refractivity contribution is -0.133. The number of hydrogen-bond acceptors (Lipinski definition) is 7. The van der Waals surface area contributed by atoms with E-state index in [1.165, 1.54) is 4.72 Å². The number of carboxylic acid groups (broad SMARTS) is 1. The molecule has 102 valence electrons. The molecular formula is C5H4F3N3O4S3. The van der Waals surface area contributed by atoms with Crippen LogP contribution in [0.5, 0.6) is 0 Å². The molecule has 0 fully saturated rings. The molecule has 7 nitrogen and oxygen atoms in total. The van der Waals surface area contributed by atoms with Crippen molar-refractivity contribution in [2.45, 2.75) is 9.85 Å². The fourth-order valence-electron chi connectivity index (χ4n) is 0.606. The van der Waals surface area contributed by atoms with Crippen molar-refractivity contribution < 1.29 is 31.5 Å². The third-order valence-corrected chi connectivity index (χ3v) is 4.41. The van der Waals surface area contributed by atoms with E-state index in [1.54, 1.807) is 0 Å². The predicted octanol–water partition coefficient (Wildman–Crippen LogP) is 0.976. The van der Waals surface area contributed by atoms with Crippen molar-refractivity contribution in [3.8, 4) is 0 Å².